The van der Waals surface area contributed by atoms with Crippen LogP contribution in [-0.2, 0) is 0 Å². The van der Waals surface area contributed by atoms with Gasteiger partial charge < -0.3 is 10.1 Å². The van der Waals surface area contributed by atoms with Gasteiger partial charge in [0.1, 0.15) is 22.8 Å². The summed E-state index contributed by atoms with van der Waals surface area (Å²) in [7, 11) is 1.46. The molecule has 1 amide bonds. The van der Waals surface area contributed by atoms with Gasteiger partial charge in [-0.05, 0) is 40.9 Å². The van der Waals surface area contributed by atoms with E-state index in [4.69, 9.17) is 4.74 Å². The van der Waals surface area contributed by atoms with E-state index >= 15 is 0 Å². The van der Waals surface area contributed by atoms with Crippen molar-refractivity contribution in [2.45, 2.75) is 13.0 Å². The van der Waals surface area contributed by atoms with Crippen molar-refractivity contribution in [3.05, 3.63) is 52.2 Å². The van der Waals surface area contributed by atoms with Gasteiger partial charge in [0.05, 0.1) is 24.4 Å². The maximum absolute atomic E-state index is 14.1. The first-order chi connectivity index (χ1) is 11.6. The fourth-order valence-corrected chi connectivity index (χ4v) is 3.16. The summed E-state index contributed by atoms with van der Waals surface area (Å²) in [6.07, 6.45) is 1.40. The van der Waals surface area contributed by atoms with Gasteiger partial charge in [0, 0.05) is 0 Å². The summed E-state index contributed by atoms with van der Waals surface area (Å²) in [5.41, 5.74) is 0.865. The van der Waals surface area contributed by atoms with Crippen LogP contribution in [0.5, 0.6) is 5.75 Å². The molecule has 0 fully saturated rings. The number of thiophene rings is 1. The summed E-state index contributed by atoms with van der Waals surface area (Å²) in [5.74, 6) is -0.392. The highest BCUT2D eigenvalue weighted by Gasteiger charge is 2.22. The van der Waals surface area contributed by atoms with E-state index in [-0.39, 0.29) is 5.91 Å². The second kappa shape index (κ2) is 6.75. The van der Waals surface area contributed by atoms with E-state index in [0.717, 1.165) is 0 Å². The summed E-state index contributed by atoms with van der Waals surface area (Å²) in [5, 5.41) is 15.5. The Morgan fingerprint density at radius 1 is 1.42 bits per heavy atom. The third-order valence-corrected chi connectivity index (χ3v) is 4.36. The number of nitrogens with one attached hydrogen (secondary N) is 1. The minimum Gasteiger partial charge on any atom is -0.496 e. The number of carbonyl (C=O) groups excluding carboxylic acids is 1. The van der Waals surface area contributed by atoms with Crippen LogP contribution >= 0.6 is 11.3 Å². The number of hydrogen-bond acceptors (Lipinski definition) is 6. The number of benzene rings is 1. The van der Waals surface area contributed by atoms with Gasteiger partial charge >= 0.3 is 0 Å². The van der Waals surface area contributed by atoms with Gasteiger partial charge in [-0.15, -0.1) is 16.4 Å². The number of amides is 1. The lowest BCUT2D eigenvalue weighted by atomic mass is 10.1. The van der Waals surface area contributed by atoms with Crippen LogP contribution in [0.2, 0.25) is 0 Å². The van der Waals surface area contributed by atoms with Gasteiger partial charge in [0.2, 0.25) is 0 Å². The second-order valence-electron chi connectivity index (χ2n) is 4.94. The van der Waals surface area contributed by atoms with Crippen LogP contribution in [0.3, 0.4) is 0 Å². The molecule has 2 aromatic heterocycles. The maximum Gasteiger partial charge on any atom is 0.264 e. The lowest BCUT2D eigenvalue weighted by Crippen LogP contribution is -2.27. The van der Waals surface area contributed by atoms with Crippen LogP contribution in [0.1, 0.15) is 28.2 Å². The van der Waals surface area contributed by atoms with E-state index in [2.05, 4.69) is 20.8 Å². The van der Waals surface area contributed by atoms with Crippen LogP contribution in [0.25, 0.3) is 5.69 Å². The number of rotatable bonds is 5. The molecule has 0 radical (unpaired) electrons. The van der Waals surface area contributed by atoms with Crippen molar-refractivity contribution in [1.29, 1.82) is 0 Å². The zero-order chi connectivity index (χ0) is 17.1. The van der Waals surface area contributed by atoms with Gasteiger partial charge in [-0.2, -0.15) is 4.68 Å². The molecule has 1 atom stereocenters. The number of nitrogens with zero attached hydrogens (tertiary/aromatic N) is 4. The maximum atomic E-state index is 14.1. The second-order valence-corrected chi connectivity index (χ2v) is 5.86. The Morgan fingerprint density at radius 3 is 2.96 bits per heavy atom. The van der Waals surface area contributed by atoms with Gasteiger partial charge in [-0.25, -0.2) is 4.39 Å². The van der Waals surface area contributed by atoms with Crippen molar-refractivity contribution in [2.24, 2.45) is 0 Å². The topological polar surface area (TPSA) is 81.9 Å². The summed E-state index contributed by atoms with van der Waals surface area (Å²) in [6, 6.07) is 5.71. The molecule has 0 spiro atoms. The molecule has 3 rings (SSSR count). The fourth-order valence-electron chi connectivity index (χ4n) is 2.37. The van der Waals surface area contributed by atoms with Gasteiger partial charge in [0.25, 0.3) is 5.91 Å². The van der Waals surface area contributed by atoms with Gasteiger partial charge in [-0.3, -0.25) is 4.79 Å². The SMILES string of the molecule is COc1cccc(F)c1[C@@H](C)NC(=O)c1sccc1-n1cnnn1. The molecule has 1 N–H and O–H groups in total. The minimum absolute atomic E-state index is 0.300. The molecule has 0 aliphatic rings. The first-order valence-electron chi connectivity index (χ1n) is 7.06. The number of ether oxygens (including phenoxy) is 1. The smallest absolute Gasteiger partial charge is 0.264 e. The third-order valence-electron chi connectivity index (χ3n) is 3.46. The zero-order valence-electron chi connectivity index (χ0n) is 12.9. The molecule has 0 saturated carbocycles. The Labute approximate surface area is 141 Å². The molecule has 0 aliphatic heterocycles. The van der Waals surface area contributed by atoms with Crippen molar-refractivity contribution in [3.8, 4) is 11.4 Å². The Bertz CT molecular complexity index is 849. The van der Waals surface area contributed by atoms with E-state index in [1.54, 1.807) is 30.5 Å². The van der Waals surface area contributed by atoms with E-state index < -0.39 is 11.9 Å². The highest BCUT2D eigenvalue weighted by atomic mass is 32.1. The van der Waals surface area contributed by atoms with E-state index in [9.17, 15) is 9.18 Å². The average Bonchev–Trinajstić information content (AvgIpc) is 3.24. The summed E-state index contributed by atoms with van der Waals surface area (Å²) < 4.78 is 20.7. The highest BCUT2D eigenvalue weighted by molar-refractivity contribution is 7.12. The molecule has 124 valence electrons. The first kappa shape index (κ1) is 16.1. The molecule has 1 aromatic carbocycles. The summed E-state index contributed by atoms with van der Waals surface area (Å²) in [6.45, 7) is 1.70. The quantitative estimate of drug-likeness (QED) is 0.766. The molecule has 24 heavy (non-hydrogen) atoms. The van der Waals surface area contributed by atoms with Crippen LogP contribution in [0.15, 0.2) is 36.0 Å². The number of halogens is 1. The predicted octanol–water partition coefficient (Wildman–Crippen LogP) is 2.36. The van der Waals surface area contributed by atoms with Crippen LogP contribution in [-0.4, -0.2) is 33.2 Å². The highest BCUT2D eigenvalue weighted by Crippen LogP contribution is 2.28. The molecule has 7 nitrogen and oxygen atoms in total. The number of tetrazole rings is 1. The van der Waals surface area contributed by atoms with Crippen molar-refractivity contribution < 1.29 is 13.9 Å². The molecule has 0 saturated heterocycles. The number of hydrogen-bond donors (Lipinski definition) is 1. The molecular formula is C15H14FN5O2S. The normalized spacial score (nSPS) is 12.0. The molecule has 0 bridgehead atoms. The van der Waals surface area contributed by atoms with Gasteiger partial charge in [0.15, 0.2) is 0 Å². The fraction of sp³-hybridized carbons (Fsp3) is 0.200. The minimum atomic E-state index is -0.572. The first-order valence-corrected chi connectivity index (χ1v) is 7.94. The predicted molar refractivity (Wildman–Crippen MR) is 85.9 cm³/mol. The number of aromatic nitrogens is 4. The molecule has 3 aromatic rings. The summed E-state index contributed by atoms with van der Waals surface area (Å²) >= 11 is 1.25. The largest absolute Gasteiger partial charge is 0.496 e. The standard InChI is InChI=1S/C15H14FN5O2S/c1-9(13-10(16)4-3-5-12(13)23-2)18-15(22)14-11(6-7-24-14)21-8-17-19-20-21/h3-9H,1-2H3,(H,18,22)/t9-/m1/s1. The third kappa shape index (κ3) is 2.98. The van der Waals surface area contributed by atoms with Crippen molar-refractivity contribution in [1.82, 2.24) is 25.5 Å². The van der Waals surface area contributed by atoms with Gasteiger partial charge in [-0.1, -0.05) is 6.07 Å². The molecular weight excluding hydrogens is 333 g/mol. The zero-order valence-corrected chi connectivity index (χ0v) is 13.7. The van der Waals surface area contributed by atoms with Crippen LogP contribution < -0.4 is 10.1 Å². The van der Waals surface area contributed by atoms with Crippen molar-refractivity contribution in [3.63, 3.8) is 0 Å². The Balaban J connectivity index is 1.85. The van der Waals surface area contributed by atoms with E-state index in [1.165, 1.54) is 35.5 Å². The lowest BCUT2D eigenvalue weighted by molar-refractivity contribution is 0.0943. The Morgan fingerprint density at radius 2 is 2.25 bits per heavy atom. The average molecular weight is 347 g/mol. The Hall–Kier alpha value is -2.81. The van der Waals surface area contributed by atoms with Crippen molar-refractivity contribution >= 4 is 17.2 Å². The monoisotopic (exact) mass is 347 g/mol. The lowest BCUT2D eigenvalue weighted by Gasteiger charge is -2.18. The van der Waals surface area contributed by atoms with Crippen LogP contribution in [0.4, 0.5) is 4.39 Å². The number of methoxy groups -OCH3 is 1. The number of carbonyl (C=O) groups is 1. The molecule has 2 heterocycles. The molecule has 0 aliphatic carbocycles. The van der Waals surface area contributed by atoms with E-state index in [1.807, 2.05) is 0 Å². The summed E-state index contributed by atoms with van der Waals surface area (Å²) in [4.78, 5) is 13.0. The van der Waals surface area contributed by atoms with E-state index in [0.29, 0.717) is 21.9 Å². The molecule has 9 heteroatoms. The van der Waals surface area contributed by atoms with Crippen molar-refractivity contribution in [2.75, 3.05) is 7.11 Å². The molecule has 0 unspecified atom stereocenters. The van der Waals surface area contributed by atoms with Crippen LogP contribution in [0, 0.1) is 5.82 Å². The Kier molecular flexibility index (Phi) is 4.52.